The van der Waals surface area contributed by atoms with E-state index in [9.17, 15) is 14.6 Å². The zero-order chi connectivity index (χ0) is 16.2. The van der Waals surface area contributed by atoms with Gasteiger partial charge in [0.25, 0.3) is 0 Å². The van der Waals surface area contributed by atoms with Gasteiger partial charge in [0.05, 0.1) is 6.61 Å². The van der Waals surface area contributed by atoms with Gasteiger partial charge in [0, 0.05) is 18.5 Å². The summed E-state index contributed by atoms with van der Waals surface area (Å²) < 4.78 is 18.9. The SMILES string of the molecule is Oc1ccc(OCC2CNCCC2c2ccc(F)cc2)cc1O. The molecule has 2 unspecified atom stereocenters. The molecule has 0 aliphatic carbocycles. The molecule has 3 rings (SSSR count). The van der Waals surface area contributed by atoms with Gasteiger partial charge in [0.2, 0.25) is 0 Å². The van der Waals surface area contributed by atoms with Crippen LogP contribution in [0.3, 0.4) is 0 Å². The summed E-state index contributed by atoms with van der Waals surface area (Å²) in [5.74, 6) is 0.492. The average molecular weight is 317 g/mol. The maximum Gasteiger partial charge on any atom is 0.161 e. The van der Waals surface area contributed by atoms with Crippen molar-refractivity contribution in [1.29, 1.82) is 0 Å². The lowest BCUT2D eigenvalue weighted by Gasteiger charge is -2.32. The quantitative estimate of drug-likeness (QED) is 0.759. The predicted molar refractivity (Wildman–Crippen MR) is 85.4 cm³/mol. The number of phenolic OH excluding ortho intramolecular Hbond substituents is 2. The Morgan fingerprint density at radius 3 is 2.61 bits per heavy atom. The molecule has 2 aromatic carbocycles. The molecule has 1 saturated heterocycles. The maximum atomic E-state index is 13.1. The van der Waals surface area contributed by atoms with Gasteiger partial charge in [-0.1, -0.05) is 12.1 Å². The lowest BCUT2D eigenvalue weighted by atomic mass is 9.81. The highest BCUT2D eigenvalue weighted by molar-refractivity contribution is 5.43. The molecular weight excluding hydrogens is 297 g/mol. The van der Waals surface area contributed by atoms with Crippen LogP contribution in [0.4, 0.5) is 4.39 Å². The van der Waals surface area contributed by atoms with Crippen LogP contribution in [-0.2, 0) is 0 Å². The van der Waals surface area contributed by atoms with Crippen LogP contribution in [0.5, 0.6) is 17.2 Å². The fourth-order valence-corrected chi connectivity index (χ4v) is 3.04. The van der Waals surface area contributed by atoms with E-state index in [1.165, 1.54) is 24.3 Å². The van der Waals surface area contributed by atoms with Crippen molar-refractivity contribution in [2.75, 3.05) is 19.7 Å². The molecule has 3 N–H and O–H groups in total. The third-order valence-electron chi connectivity index (χ3n) is 4.32. The van der Waals surface area contributed by atoms with Gasteiger partial charge in [0.15, 0.2) is 11.5 Å². The molecule has 0 amide bonds. The van der Waals surface area contributed by atoms with Crippen molar-refractivity contribution in [3.63, 3.8) is 0 Å². The normalized spacial score (nSPS) is 21.1. The fourth-order valence-electron chi connectivity index (χ4n) is 3.04. The Hall–Kier alpha value is -2.27. The van der Waals surface area contributed by atoms with Gasteiger partial charge < -0.3 is 20.3 Å². The molecule has 0 aromatic heterocycles. The van der Waals surface area contributed by atoms with Crippen molar-refractivity contribution < 1.29 is 19.3 Å². The highest BCUT2D eigenvalue weighted by atomic mass is 19.1. The predicted octanol–water partition coefficient (Wildman–Crippen LogP) is 3.01. The van der Waals surface area contributed by atoms with Gasteiger partial charge >= 0.3 is 0 Å². The summed E-state index contributed by atoms with van der Waals surface area (Å²) >= 11 is 0. The second-order valence-corrected chi connectivity index (χ2v) is 5.87. The van der Waals surface area contributed by atoms with Gasteiger partial charge in [-0.25, -0.2) is 4.39 Å². The van der Waals surface area contributed by atoms with Crippen LogP contribution in [-0.4, -0.2) is 29.9 Å². The first kappa shape index (κ1) is 15.6. The first-order chi connectivity index (χ1) is 11.1. The smallest absolute Gasteiger partial charge is 0.161 e. The van der Waals surface area contributed by atoms with E-state index in [2.05, 4.69) is 5.32 Å². The van der Waals surface area contributed by atoms with Crippen LogP contribution in [0.25, 0.3) is 0 Å². The third-order valence-corrected chi connectivity index (χ3v) is 4.32. The summed E-state index contributed by atoms with van der Waals surface area (Å²) in [5, 5.41) is 22.2. The minimum atomic E-state index is -0.227. The second-order valence-electron chi connectivity index (χ2n) is 5.87. The van der Waals surface area contributed by atoms with E-state index >= 15 is 0 Å². The number of hydrogen-bond donors (Lipinski definition) is 3. The molecule has 5 heteroatoms. The second kappa shape index (κ2) is 6.87. The molecule has 1 aliphatic rings. The molecule has 23 heavy (non-hydrogen) atoms. The van der Waals surface area contributed by atoms with Crippen LogP contribution < -0.4 is 10.1 Å². The molecule has 122 valence electrons. The Morgan fingerprint density at radius 2 is 1.87 bits per heavy atom. The number of rotatable bonds is 4. The maximum absolute atomic E-state index is 13.1. The van der Waals surface area contributed by atoms with E-state index in [1.807, 2.05) is 12.1 Å². The molecular formula is C18H20FNO3. The van der Waals surface area contributed by atoms with Gasteiger partial charge in [0.1, 0.15) is 11.6 Å². The number of piperidine rings is 1. The van der Waals surface area contributed by atoms with Gasteiger partial charge in [-0.15, -0.1) is 0 Å². The van der Waals surface area contributed by atoms with E-state index in [0.29, 0.717) is 18.3 Å². The van der Waals surface area contributed by atoms with Crippen LogP contribution in [0.2, 0.25) is 0 Å². The molecule has 2 aromatic rings. The minimum absolute atomic E-state index is 0.166. The van der Waals surface area contributed by atoms with Crippen molar-refractivity contribution >= 4 is 0 Å². The standard InChI is InChI=1S/C18H20FNO3/c19-14-3-1-12(2-4-14)16-7-8-20-10-13(16)11-23-15-5-6-17(21)18(22)9-15/h1-6,9,13,16,20-22H,7-8,10-11H2. The highest BCUT2D eigenvalue weighted by Crippen LogP contribution is 2.32. The Labute approximate surface area is 134 Å². The van der Waals surface area contributed by atoms with Crippen molar-refractivity contribution in [1.82, 2.24) is 5.32 Å². The van der Waals surface area contributed by atoms with Crippen molar-refractivity contribution in [2.45, 2.75) is 12.3 Å². The summed E-state index contributed by atoms with van der Waals surface area (Å²) in [4.78, 5) is 0. The summed E-state index contributed by atoms with van der Waals surface area (Å²) in [6.45, 7) is 2.24. The van der Waals surface area contributed by atoms with Crippen LogP contribution in [0.1, 0.15) is 17.9 Å². The topological polar surface area (TPSA) is 61.7 Å². The lowest BCUT2D eigenvalue weighted by Crippen LogP contribution is -2.38. The molecule has 4 nitrogen and oxygen atoms in total. The van der Waals surface area contributed by atoms with E-state index in [-0.39, 0.29) is 23.2 Å². The Bertz CT molecular complexity index is 660. The number of ether oxygens (including phenoxy) is 1. The Morgan fingerprint density at radius 1 is 1.09 bits per heavy atom. The van der Waals surface area contributed by atoms with E-state index in [4.69, 9.17) is 4.74 Å². The number of phenols is 2. The lowest BCUT2D eigenvalue weighted by molar-refractivity contribution is 0.196. The molecule has 0 bridgehead atoms. The largest absolute Gasteiger partial charge is 0.504 e. The number of benzene rings is 2. The van der Waals surface area contributed by atoms with Crippen molar-refractivity contribution in [3.05, 3.63) is 53.8 Å². The molecule has 1 heterocycles. The minimum Gasteiger partial charge on any atom is -0.504 e. The Kier molecular flexibility index (Phi) is 4.67. The summed E-state index contributed by atoms with van der Waals surface area (Å²) in [5.41, 5.74) is 1.12. The van der Waals surface area contributed by atoms with Crippen molar-refractivity contribution in [2.24, 2.45) is 5.92 Å². The van der Waals surface area contributed by atoms with E-state index < -0.39 is 0 Å². The third kappa shape index (κ3) is 3.74. The fraction of sp³-hybridized carbons (Fsp3) is 0.333. The molecule has 2 atom stereocenters. The van der Waals surface area contributed by atoms with Crippen molar-refractivity contribution in [3.8, 4) is 17.2 Å². The summed E-state index contributed by atoms with van der Waals surface area (Å²) in [6, 6.07) is 11.1. The molecule has 0 spiro atoms. The summed E-state index contributed by atoms with van der Waals surface area (Å²) in [7, 11) is 0. The zero-order valence-corrected chi connectivity index (χ0v) is 12.7. The van der Waals surface area contributed by atoms with E-state index in [0.717, 1.165) is 25.1 Å². The van der Waals surface area contributed by atoms with Crippen LogP contribution in [0.15, 0.2) is 42.5 Å². The van der Waals surface area contributed by atoms with Gasteiger partial charge in [-0.2, -0.15) is 0 Å². The highest BCUT2D eigenvalue weighted by Gasteiger charge is 2.27. The van der Waals surface area contributed by atoms with Gasteiger partial charge in [-0.3, -0.25) is 0 Å². The monoisotopic (exact) mass is 317 g/mol. The average Bonchev–Trinajstić information content (AvgIpc) is 2.57. The molecule has 1 aliphatic heterocycles. The van der Waals surface area contributed by atoms with E-state index in [1.54, 1.807) is 6.07 Å². The number of nitrogens with one attached hydrogen (secondary N) is 1. The summed E-state index contributed by atoms with van der Waals surface area (Å²) in [6.07, 6.45) is 0.973. The Balaban J connectivity index is 1.69. The van der Waals surface area contributed by atoms with Crippen LogP contribution >= 0.6 is 0 Å². The zero-order valence-electron chi connectivity index (χ0n) is 12.7. The van der Waals surface area contributed by atoms with Crippen LogP contribution in [0, 0.1) is 11.7 Å². The number of aromatic hydroxyl groups is 2. The van der Waals surface area contributed by atoms with Gasteiger partial charge in [-0.05, 0) is 48.7 Å². The number of halogens is 1. The molecule has 0 saturated carbocycles. The molecule has 1 fully saturated rings. The number of hydrogen-bond acceptors (Lipinski definition) is 4. The molecule has 0 radical (unpaired) electrons. The first-order valence-electron chi connectivity index (χ1n) is 7.74. The first-order valence-corrected chi connectivity index (χ1v) is 7.74.